The van der Waals surface area contributed by atoms with E-state index in [1.807, 2.05) is 49.4 Å². The van der Waals surface area contributed by atoms with Crippen LogP contribution in [0.15, 0.2) is 60.8 Å². The minimum atomic E-state index is -0.239. The van der Waals surface area contributed by atoms with Crippen LogP contribution in [0, 0.1) is 6.92 Å². The Balaban J connectivity index is 1.64. The molecule has 2 aromatic carbocycles. The van der Waals surface area contributed by atoms with Crippen molar-refractivity contribution in [3.8, 4) is 5.75 Å². The lowest BCUT2D eigenvalue weighted by atomic mass is 10.2. The lowest BCUT2D eigenvalue weighted by Crippen LogP contribution is -2.23. The van der Waals surface area contributed by atoms with Gasteiger partial charge in [0.2, 0.25) is 0 Å². The Morgan fingerprint density at radius 3 is 2.52 bits per heavy atom. The van der Waals surface area contributed by atoms with Crippen LogP contribution >= 0.6 is 11.6 Å². The Labute approximate surface area is 163 Å². The molecule has 0 bridgehead atoms. The highest BCUT2D eigenvalue weighted by atomic mass is 35.5. The highest BCUT2D eigenvalue weighted by Crippen LogP contribution is 2.23. The molecule has 0 atom stereocenters. The van der Waals surface area contributed by atoms with Crippen LogP contribution in [0.3, 0.4) is 0 Å². The second kappa shape index (κ2) is 8.56. The molecule has 1 aromatic heterocycles. The molecule has 0 fully saturated rings. The Kier molecular flexibility index (Phi) is 5.94. The van der Waals surface area contributed by atoms with E-state index in [0.29, 0.717) is 17.3 Å². The number of pyridine rings is 1. The SMILES string of the molecule is COc1ccc(CNC(=O)c2cc(Nc3ccc(C)c(Cl)c3)ccn2)cc1. The quantitative estimate of drug-likeness (QED) is 0.648. The first kappa shape index (κ1) is 18.7. The van der Waals surface area contributed by atoms with E-state index in [-0.39, 0.29) is 5.91 Å². The standard InChI is InChI=1S/C21H20ClN3O2/c1-14-3-6-16(11-19(14)22)25-17-9-10-23-20(12-17)21(26)24-13-15-4-7-18(27-2)8-5-15/h3-12H,13H2,1-2H3,(H,23,25)(H,24,26). The zero-order valence-corrected chi connectivity index (χ0v) is 15.9. The number of amides is 1. The molecule has 27 heavy (non-hydrogen) atoms. The van der Waals surface area contributed by atoms with Gasteiger partial charge < -0.3 is 15.4 Å². The first-order valence-corrected chi connectivity index (χ1v) is 8.83. The number of nitrogens with one attached hydrogen (secondary N) is 2. The number of hydrogen-bond donors (Lipinski definition) is 2. The van der Waals surface area contributed by atoms with Crippen LogP contribution in [0.25, 0.3) is 0 Å². The van der Waals surface area contributed by atoms with Crippen molar-refractivity contribution in [2.24, 2.45) is 0 Å². The molecular formula is C21H20ClN3O2. The summed E-state index contributed by atoms with van der Waals surface area (Å²) in [5, 5.41) is 6.79. The van der Waals surface area contributed by atoms with E-state index in [9.17, 15) is 4.79 Å². The van der Waals surface area contributed by atoms with Gasteiger partial charge in [0.15, 0.2) is 0 Å². The fraction of sp³-hybridized carbons (Fsp3) is 0.143. The van der Waals surface area contributed by atoms with Crippen molar-refractivity contribution in [2.45, 2.75) is 13.5 Å². The lowest BCUT2D eigenvalue weighted by molar-refractivity contribution is 0.0946. The molecule has 1 heterocycles. The third-order valence-electron chi connectivity index (χ3n) is 4.07. The molecule has 6 heteroatoms. The molecule has 0 aliphatic rings. The number of aromatic nitrogens is 1. The normalized spacial score (nSPS) is 10.3. The number of nitrogens with zero attached hydrogens (tertiary/aromatic N) is 1. The Morgan fingerprint density at radius 1 is 1.07 bits per heavy atom. The van der Waals surface area contributed by atoms with Gasteiger partial charge in [0.25, 0.3) is 5.91 Å². The summed E-state index contributed by atoms with van der Waals surface area (Å²) in [7, 11) is 1.62. The summed E-state index contributed by atoms with van der Waals surface area (Å²) in [6.45, 7) is 2.36. The topological polar surface area (TPSA) is 63.2 Å². The second-order valence-electron chi connectivity index (χ2n) is 6.05. The average Bonchev–Trinajstić information content (AvgIpc) is 2.69. The van der Waals surface area contributed by atoms with Gasteiger partial charge in [0, 0.05) is 29.1 Å². The Hall–Kier alpha value is -3.05. The number of benzene rings is 2. The van der Waals surface area contributed by atoms with Gasteiger partial charge in [-0.2, -0.15) is 0 Å². The third-order valence-corrected chi connectivity index (χ3v) is 4.47. The van der Waals surface area contributed by atoms with Gasteiger partial charge in [0.05, 0.1) is 7.11 Å². The van der Waals surface area contributed by atoms with Crippen LogP contribution in [0.4, 0.5) is 11.4 Å². The summed E-state index contributed by atoms with van der Waals surface area (Å²) in [6.07, 6.45) is 1.60. The van der Waals surface area contributed by atoms with E-state index < -0.39 is 0 Å². The van der Waals surface area contributed by atoms with E-state index in [0.717, 1.165) is 28.3 Å². The van der Waals surface area contributed by atoms with Gasteiger partial charge in [-0.3, -0.25) is 9.78 Å². The molecule has 0 aliphatic heterocycles. The molecule has 3 rings (SSSR count). The molecule has 138 valence electrons. The molecule has 3 aromatic rings. The molecular weight excluding hydrogens is 362 g/mol. The van der Waals surface area contributed by atoms with E-state index in [1.54, 1.807) is 25.4 Å². The van der Waals surface area contributed by atoms with Crippen molar-refractivity contribution in [1.82, 2.24) is 10.3 Å². The number of anilines is 2. The number of ether oxygens (including phenoxy) is 1. The summed E-state index contributed by atoms with van der Waals surface area (Å²) < 4.78 is 5.13. The maximum absolute atomic E-state index is 12.4. The van der Waals surface area contributed by atoms with Gasteiger partial charge >= 0.3 is 0 Å². The molecule has 2 N–H and O–H groups in total. The van der Waals surface area contributed by atoms with Crippen LogP contribution in [-0.2, 0) is 6.54 Å². The lowest BCUT2D eigenvalue weighted by Gasteiger charge is -2.10. The van der Waals surface area contributed by atoms with Crippen molar-refractivity contribution < 1.29 is 9.53 Å². The Morgan fingerprint density at radius 2 is 1.81 bits per heavy atom. The number of methoxy groups -OCH3 is 1. The first-order valence-electron chi connectivity index (χ1n) is 8.45. The highest BCUT2D eigenvalue weighted by Gasteiger charge is 2.08. The number of halogens is 1. The molecule has 0 aliphatic carbocycles. The minimum absolute atomic E-state index is 0.239. The van der Waals surface area contributed by atoms with E-state index in [2.05, 4.69) is 15.6 Å². The van der Waals surface area contributed by atoms with Crippen LogP contribution in [0.1, 0.15) is 21.6 Å². The maximum atomic E-state index is 12.4. The number of carbonyl (C=O) groups is 1. The summed E-state index contributed by atoms with van der Waals surface area (Å²) in [4.78, 5) is 16.6. The van der Waals surface area contributed by atoms with Crippen molar-refractivity contribution in [3.05, 3.63) is 82.6 Å². The monoisotopic (exact) mass is 381 g/mol. The summed E-state index contributed by atoms with van der Waals surface area (Å²) in [5.74, 6) is 0.540. The molecule has 0 saturated heterocycles. The number of hydrogen-bond acceptors (Lipinski definition) is 4. The summed E-state index contributed by atoms with van der Waals surface area (Å²) >= 11 is 6.16. The van der Waals surface area contributed by atoms with Crippen LogP contribution in [0.2, 0.25) is 5.02 Å². The van der Waals surface area contributed by atoms with Crippen molar-refractivity contribution >= 4 is 28.9 Å². The number of aryl methyl sites for hydroxylation is 1. The molecule has 0 spiro atoms. The fourth-order valence-corrected chi connectivity index (χ4v) is 2.67. The predicted molar refractivity (Wildman–Crippen MR) is 108 cm³/mol. The van der Waals surface area contributed by atoms with Crippen LogP contribution in [-0.4, -0.2) is 18.0 Å². The molecule has 0 saturated carbocycles. The zero-order chi connectivity index (χ0) is 19.2. The number of carbonyl (C=O) groups excluding carboxylic acids is 1. The smallest absolute Gasteiger partial charge is 0.270 e. The number of rotatable bonds is 6. The second-order valence-corrected chi connectivity index (χ2v) is 6.46. The van der Waals surface area contributed by atoms with Crippen molar-refractivity contribution in [3.63, 3.8) is 0 Å². The maximum Gasteiger partial charge on any atom is 0.270 e. The van der Waals surface area contributed by atoms with E-state index >= 15 is 0 Å². The zero-order valence-electron chi connectivity index (χ0n) is 15.1. The fourth-order valence-electron chi connectivity index (χ4n) is 2.49. The van der Waals surface area contributed by atoms with Crippen LogP contribution < -0.4 is 15.4 Å². The van der Waals surface area contributed by atoms with Crippen LogP contribution in [0.5, 0.6) is 5.75 Å². The molecule has 1 amide bonds. The van der Waals surface area contributed by atoms with Gasteiger partial charge in [-0.1, -0.05) is 29.8 Å². The average molecular weight is 382 g/mol. The van der Waals surface area contributed by atoms with Gasteiger partial charge in [-0.05, 0) is 54.4 Å². The molecule has 0 unspecified atom stereocenters. The van der Waals surface area contributed by atoms with Gasteiger partial charge in [-0.15, -0.1) is 0 Å². The minimum Gasteiger partial charge on any atom is -0.497 e. The largest absolute Gasteiger partial charge is 0.497 e. The summed E-state index contributed by atoms with van der Waals surface area (Å²) in [5.41, 5.74) is 3.94. The Bertz CT molecular complexity index is 942. The third kappa shape index (κ3) is 4.99. The van der Waals surface area contributed by atoms with E-state index in [4.69, 9.17) is 16.3 Å². The molecule has 5 nitrogen and oxygen atoms in total. The first-order chi connectivity index (χ1) is 13.0. The molecule has 0 radical (unpaired) electrons. The summed E-state index contributed by atoms with van der Waals surface area (Å²) in [6, 6.07) is 16.8. The van der Waals surface area contributed by atoms with Gasteiger partial charge in [-0.25, -0.2) is 0 Å². The van der Waals surface area contributed by atoms with Crippen molar-refractivity contribution in [2.75, 3.05) is 12.4 Å². The van der Waals surface area contributed by atoms with Crippen molar-refractivity contribution in [1.29, 1.82) is 0 Å². The van der Waals surface area contributed by atoms with E-state index in [1.165, 1.54) is 0 Å². The highest BCUT2D eigenvalue weighted by molar-refractivity contribution is 6.31. The van der Waals surface area contributed by atoms with Gasteiger partial charge in [0.1, 0.15) is 11.4 Å². The predicted octanol–water partition coefficient (Wildman–Crippen LogP) is 4.73.